The van der Waals surface area contributed by atoms with Crippen LogP contribution in [-0.4, -0.2) is 44.6 Å². The summed E-state index contributed by atoms with van der Waals surface area (Å²) < 4.78 is 19.8. The second kappa shape index (κ2) is 7.61. The SMILES string of the molecule is Cc1nc(C)c(F)c(OCC2CCN(c3nc(C)nc4cnccc34)CC2)n1. The monoisotopic (exact) mass is 382 g/mol. The summed E-state index contributed by atoms with van der Waals surface area (Å²) in [6.45, 7) is 7.45. The number of rotatable bonds is 4. The molecule has 8 heteroatoms. The van der Waals surface area contributed by atoms with Crippen LogP contribution in [-0.2, 0) is 0 Å². The summed E-state index contributed by atoms with van der Waals surface area (Å²) in [5.74, 6) is 2.14. The van der Waals surface area contributed by atoms with Gasteiger partial charge in [-0.25, -0.2) is 15.0 Å². The smallest absolute Gasteiger partial charge is 0.254 e. The summed E-state index contributed by atoms with van der Waals surface area (Å²) in [6.07, 6.45) is 5.43. The molecule has 4 rings (SSSR count). The molecular formula is C20H23FN6O. The molecule has 0 saturated carbocycles. The van der Waals surface area contributed by atoms with E-state index in [0.717, 1.165) is 48.5 Å². The normalized spacial score (nSPS) is 15.2. The molecule has 0 aromatic carbocycles. The van der Waals surface area contributed by atoms with Crippen LogP contribution in [0.5, 0.6) is 5.88 Å². The standard InChI is InChI=1S/C20H23FN6O/c1-12-18(21)20(26-13(2)23-12)28-11-15-5-8-27(9-6-15)19-16-4-7-22-10-17(16)24-14(3)25-19/h4,7,10,15H,5-6,8-9,11H2,1-3H3. The van der Waals surface area contributed by atoms with Crippen molar-refractivity contribution in [2.24, 2.45) is 5.92 Å². The van der Waals surface area contributed by atoms with Gasteiger partial charge in [0.1, 0.15) is 17.5 Å². The summed E-state index contributed by atoms with van der Waals surface area (Å²) in [7, 11) is 0. The van der Waals surface area contributed by atoms with Crippen molar-refractivity contribution < 1.29 is 9.13 Å². The fourth-order valence-corrected chi connectivity index (χ4v) is 3.59. The second-order valence-corrected chi connectivity index (χ2v) is 7.20. The predicted octanol–water partition coefficient (Wildman–Crippen LogP) is 3.17. The number of nitrogens with zero attached hydrogens (tertiary/aromatic N) is 6. The maximum Gasteiger partial charge on any atom is 0.254 e. The highest BCUT2D eigenvalue weighted by Crippen LogP contribution is 2.28. The van der Waals surface area contributed by atoms with E-state index in [1.807, 2.05) is 13.0 Å². The molecular weight excluding hydrogens is 359 g/mol. The van der Waals surface area contributed by atoms with Gasteiger partial charge in [-0.3, -0.25) is 4.98 Å². The Bertz CT molecular complexity index is 1000. The molecule has 7 nitrogen and oxygen atoms in total. The minimum absolute atomic E-state index is 0.0531. The van der Waals surface area contributed by atoms with Crippen molar-refractivity contribution in [2.45, 2.75) is 33.6 Å². The Hall–Kier alpha value is -2.90. The minimum atomic E-state index is -0.473. The van der Waals surface area contributed by atoms with Crippen molar-refractivity contribution in [1.29, 1.82) is 0 Å². The summed E-state index contributed by atoms with van der Waals surface area (Å²) in [4.78, 5) is 23.7. The van der Waals surface area contributed by atoms with Crippen molar-refractivity contribution in [3.05, 3.63) is 41.6 Å². The van der Waals surface area contributed by atoms with Gasteiger partial charge < -0.3 is 9.64 Å². The number of piperidine rings is 1. The van der Waals surface area contributed by atoms with E-state index in [1.165, 1.54) is 0 Å². The lowest BCUT2D eigenvalue weighted by Gasteiger charge is -2.33. The van der Waals surface area contributed by atoms with Crippen molar-refractivity contribution in [2.75, 3.05) is 24.6 Å². The number of aromatic nitrogens is 5. The lowest BCUT2D eigenvalue weighted by atomic mass is 9.97. The molecule has 1 saturated heterocycles. The van der Waals surface area contributed by atoms with Gasteiger partial charge in [-0.15, -0.1) is 0 Å². The van der Waals surface area contributed by atoms with Crippen molar-refractivity contribution in [3.63, 3.8) is 0 Å². The second-order valence-electron chi connectivity index (χ2n) is 7.20. The van der Waals surface area contributed by atoms with Crippen LogP contribution in [0.25, 0.3) is 10.9 Å². The Labute approximate surface area is 163 Å². The summed E-state index contributed by atoms with van der Waals surface area (Å²) in [5.41, 5.74) is 1.18. The number of ether oxygens (including phenoxy) is 1. The number of pyridine rings is 1. The van der Waals surface area contributed by atoms with Crippen LogP contribution in [0.15, 0.2) is 18.5 Å². The van der Waals surface area contributed by atoms with Crippen molar-refractivity contribution in [3.8, 4) is 5.88 Å². The first-order valence-corrected chi connectivity index (χ1v) is 9.48. The first-order chi connectivity index (χ1) is 13.5. The Morgan fingerprint density at radius 1 is 1.07 bits per heavy atom. The van der Waals surface area contributed by atoms with E-state index in [2.05, 4.69) is 29.8 Å². The maximum atomic E-state index is 14.1. The van der Waals surface area contributed by atoms with Crippen LogP contribution in [0.1, 0.15) is 30.2 Å². The van der Waals surface area contributed by atoms with E-state index < -0.39 is 5.82 Å². The molecule has 1 aliphatic heterocycles. The third-order valence-corrected chi connectivity index (χ3v) is 5.06. The van der Waals surface area contributed by atoms with Crippen LogP contribution in [0.4, 0.5) is 10.2 Å². The van der Waals surface area contributed by atoms with Gasteiger partial charge >= 0.3 is 0 Å². The molecule has 0 N–H and O–H groups in total. The Morgan fingerprint density at radius 2 is 1.82 bits per heavy atom. The Morgan fingerprint density at radius 3 is 2.61 bits per heavy atom. The lowest BCUT2D eigenvalue weighted by molar-refractivity contribution is 0.206. The van der Waals surface area contributed by atoms with Gasteiger partial charge in [0.2, 0.25) is 5.82 Å². The van der Waals surface area contributed by atoms with E-state index in [0.29, 0.717) is 24.0 Å². The van der Waals surface area contributed by atoms with Gasteiger partial charge in [0, 0.05) is 24.7 Å². The largest absolute Gasteiger partial charge is 0.475 e. The fourth-order valence-electron chi connectivity index (χ4n) is 3.59. The molecule has 0 radical (unpaired) electrons. The Balaban J connectivity index is 1.42. The molecule has 0 amide bonds. The number of hydrogen-bond donors (Lipinski definition) is 0. The molecule has 0 bridgehead atoms. The molecule has 1 fully saturated rings. The molecule has 3 aromatic heterocycles. The number of anilines is 1. The Kier molecular flexibility index (Phi) is 5.02. The molecule has 146 valence electrons. The van der Waals surface area contributed by atoms with E-state index in [4.69, 9.17) is 4.74 Å². The summed E-state index contributed by atoms with van der Waals surface area (Å²) in [5, 5.41) is 1.02. The van der Waals surface area contributed by atoms with E-state index in [1.54, 1.807) is 26.2 Å². The molecule has 0 unspecified atom stereocenters. The number of aryl methyl sites for hydroxylation is 3. The van der Waals surface area contributed by atoms with Crippen LogP contribution in [0.2, 0.25) is 0 Å². The molecule has 0 atom stereocenters. The minimum Gasteiger partial charge on any atom is -0.475 e. The van der Waals surface area contributed by atoms with Crippen molar-refractivity contribution >= 4 is 16.7 Å². The van der Waals surface area contributed by atoms with Gasteiger partial charge in [-0.05, 0) is 45.6 Å². The fraction of sp³-hybridized carbons (Fsp3) is 0.450. The van der Waals surface area contributed by atoms with Crippen LogP contribution in [0, 0.1) is 32.5 Å². The summed E-state index contributed by atoms with van der Waals surface area (Å²) in [6, 6.07) is 1.96. The first kappa shape index (κ1) is 18.5. The highest BCUT2D eigenvalue weighted by molar-refractivity contribution is 5.88. The van der Waals surface area contributed by atoms with E-state index in [-0.39, 0.29) is 5.88 Å². The molecule has 3 aromatic rings. The number of halogens is 1. The van der Waals surface area contributed by atoms with Crippen LogP contribution in [0.3, 0.4) is 0 Å². The molecule has 0 aliphatic carbocycles. The van der Waals surface area contributed by atoms with Gasteiger partial charge in [0.05, 0.1) is 24.0 Å². The van der Waals surface area contributed by atoms with E-state index >= 15 is 0 Å². The van der Waals surface area contributed by atoms with Gasteiger partial charge in [0.25, 0.3) is 5.88 Å². The molecule has 4 heterocycles. The maximum absolute atomic E-state index is 14.1. The highest BCUT2D eigenvalue weighted by Gasteiger charge is 2.23. The zero-order valence-electron chi connectivity index (χ0n) is 16.3. The number of hydrogen-bond acceptors (Lipinski definition) is 7. The third kappa shape index (κ3) is 3.72. The third-order valence-electron chi connectivity index (χ3n) is 5.06. The molecule has 28 heavy (non-hydrogen) atoms. The first-order valence-electron chi connectivity index (χ1n) is 9.48. The van der Waals surface area contributed by atoms with Gasteiger partial charge in [0.15, 0.2) is 0 Å². The lowest BCUT2D eigenvalue weighted by Crippen LogP contribution is -2.36. The average molecular weight is 382 g/mol. The van der Waals surface area contributed by atoms with Gasteiger partial charge in [-0.1, -0.05) is 0 Å². The topological polar surface area (TPSA) is 76.9 Å². The zero-order valence-corrected chi connectivity index (χ0v) is 16.3. The van der Waals surface area contributed by atoms with Crippen molar-refractivity contribution in [1.82, 2.24) is 24.9 Å². The highest BCUT2D eigenvalue weighted by atomic mass is 19.1. The van der Waals surface area contributed by atoms with Crippen LogP contribution >= 0.6 is 0 Å². The number of fused-ring (bicyclic) bond motifs is 1. The average Bonchev–Trinajstić information content (AvgIpc) is 2.69. The van der Waals surface area contributed by atoms with E-state index in [9.17, 15) is 4.39 Å². The van der Waals surface area contributed by atoms with Gasteiger partial charge in [-0.2, -0.15) is 9.37 Å². The quantitative estimate of drug-likeness (QED) is 0.686. The zero-order chi connectivity index (χ0) is 19.7. The molecule has 0 spiro atoms. The van der Waals surface area contributed by atoms with Crippen LogP contribution < -0.4 is 9.64 Å². The predicted molar refractivity (Wildman–Crippen MR) is 104 cm³/mol. The summed E-state index contributed by atoms with van der Waals surface area (Å²) >= 11 is 0. The molecule has 1 aliphatic rings.